The summed E-state index contributed by atoms with van der Waals surface area (Å²) in [5.41, 5.74) is 11.6. The normalized spacial score (nSPS) is 13.8. The van der Waals surface area contributed by atoms with Crippen molar-refractivity contribution in [3.63, 3.8) is 0 Å². The Labute approximate surface area is 177 Å². The Morgan fingerprint density at radius 3 is 2.77 bits per heavy atom. The molecule has 0 amide bonds. The number of hydrogen-bond acceptors (Lipinski definition) is 5. The van der Waals surface area contributed by atoms with Crippen LogP contribution in [0.15, 0.2) is 48.5 Å². The minimum absolute atomic E-state index is 0.197. The van der Waals surface area contributed by atoms with Crippen molar-refractivity contribution in [1.29, 1.82) is 0 Å². The fourth-order valence-corrected chi connectivity index (χ4v) is 4.22. The number of nitrogen functional groups attached to an aromatic ring is 1. The monoisotopic (exact) mass is 404 g/mol. The van der Waals surface area contributed by atoms with Crippen LogP contribution in [0, 0.1) is 0 Å². The molecule has 0 saturated heterocycles. The molecule has 5 heteroatoms. The van der Waals surface area contributed by atoms with Crippen molar-refractivity contribution in [3.05, 3.63) is 70.8 Å². The first-order valence-corrected chi connectivity index (χ1v) is 10.4. The molecule has 1 heterocycles. The van der Waals surface area contributed by atoms with Crippen LogP contribution < -0.4 is 10.5 Å². The first-order valence-electron chi connectivity index (χ1n) is 10.4. The summed E-state index contributed by atoms with van der Waals surface area (Å²) in [6.45, 7) is 5.03. The highest BCUT2D eigenvalue weighted by molar-refractivity contribution is 5.93. The maximum atomic E-state index is 12.0. The number of nitrogens with two attached hydrogens (primary N) is 1. The van der Waals surface area contributed by atoms with Crippen LogP contribution in [0.2, 0.25) is 0 Å². The third kappa shape index (κ3) is 4.26. The smallest absolute Gasteiger partial charge is 0.310 e. The third-order valence-corrected chi connectivity index (χ3v) is 5.77. The molecule has 0 spiro atoms. The van der Waals surface area contributed by atoms with Crippen molar-refractivity contribution < 1.29 is 14.3 Å². The van der Waals surface area contributed by atoms with Gasteiger partial charge in [-0.05, 0) is 70.6 Å². The third-order valence-electron chi connectivity index (χ3n) is 5.77. The molecule has 30 heavy (non-hydrogen) atoms. The van der Waals surface area contributed by atoms with Crippen LogP contribution in [-0.2, 0) is 35.5 Å². The second kappa shape index (κ2) is 8.76. The van der Waals surface area contributed by atoms with Gasteiger partial charge in [0, 0.05) is 25.3 Å². The number of hydrogen-bond donors (Lipinski definition) is 1. The maximum Gasteiger partial charge on any atom is 0.310 e. The quantitative estimate of drug-likeness (QED) is 0.495. The Morgan fingerprint density at radius 1 is 1.10 bits per heavy atom. The van der Waals surface area contributed by atoms with Gasteiger partial charge in [-0.25, -0.2) is 0 Å². The zero-order chi connectivity index (χ0) is 21.1. The van der Waals surface area contributed by atoms with E-state index in [0.29, 0.717) is 12.3 Å². The van der Waals surface area contributed by atoms with Gasteiger partial charge in [0.25, 0.3) is 0 Å². The summed E-state index contributed by atoms with van der Waals surface area (Å²) in [6.07, 6.45) is 1.23. The molecule has 1 aliphatic rings. The van der Waals surface area contributed by atoms with Crippen LogP contribution in [0.3, 0.4) is 0 Å². The molecule has 0 radical (unpaired) electrons. The lowest BCUT2D eigenvalue weighted by molar-refractivity contribution is -0.142. The standard InChI is InChI=1S/C25H28N2O3/c1-3-30-25(28)14-23-22-8-4-17(12-19(22)6-9-24(23)26)15-27-11-10-18-13-21(29-2)7-5-20(18)16-27/h4-9,12-13H,3,10-11,14-16,26H2,1-2H3. The van der Waals surface area contributed by atoms with Crippen molar-refractivity contribution in [2.24, 2.45) is 0 Å². The van der Waals surface area contributed by atoms with Gasteiger partial charge in [-0.15, -0.1) is 0 Å². The molecular formula is C25H28N2O3. The fourth-order valence-electron chi connectivity index (χ4n) is 4.22. The second-order valence-corrected chi connectivity index (χ2v) is 7.77. The topological polar surface area (TPSA) is 64.8 Å². The molecule has 4 rings (SSSR count). The zero-order valence-corrected chi connectivity index (χ0v) is 17.6. The minimum Gasteiger partial charge on any atom is -0.497 e. The van der Waals surface area contributed by atoms with Crippen LogP contribution in [0.5, 0.6) is 5.75 Å². The van der Waals surface area contributed by atoms with E-state index in [1.165, 1.54) is 16.7 Å². The molecule has 0 saturated carbocycles. The van der Waals surface area contributed by atoms with Gasteiger partial charge in [-0.1, -0.05) is 24.3 Å². The number of carbonyl (C=O) groups excluding carboxylic acids is 1. The van der Waals surface area contributed by atoms with E-state index < -0.39 is 0 Å². The molecule has 0 fully saturated rings. The highest BCUT2D eigenvalue weighted by Gasteiger charge is 2.18. The molecule has 156 valence electrons. The predicted octanol–water partition coefficient (Wildman–Crippen LogP) is 4.09. The summed E-state index contributed by atoms with van der Waals surface area (Å²) in [5, 5.41) is 2.12. The Balaban J connectivity index is 1.53. The molecule has 2 N–H and O–H groups in total. The molecule has 3 aromatic rings. The van der Waals surface area contributed by atoms with Gasteiger partial charge in [0.2, 0.25) is 0 Å². The molecule has 0 aromatic heterocycles. The average Bonchev–Trinajstić information content (AvgIpc) is 2.75. The van der Waals surface area contributed by atoms with Gasteiger partial charge >= 0.3 is 5.97 Å². The van der Waals surface area contributed by atoms with E-state index in [9.17, 15) is 4.79 Å². The van der Waals surface area contributed by atoms with E-state index in [-0.39, 0.29) is 12.4 Å². The molecule has 0 atom stereocenters. The minimum atomic E-state index is -0.246. The van der Waals surface area contributed by atoms with Crippen molar-refractivity contribution in [3.8, 4) is 5.75 Å². The molecule has 1 aliphatic heterocycles. The number of fused-ring (bicyclic) bond motifs is 2. The Hall–Kier alpha value is -3.05. The summed E-state index contributed by atoms with van der Waals surface area (Å²) < 4.78 is 10.5. The van der Waals surface area contributed by atoms with Gasteiger partial charge in [-0.3, -0.25) is 9.69 Å². The van der Waals surface area contributed by atoms with E-state index in [2.05, 4.69) is 35.2 Å². The highest BCUT2D eigenvalue weighted by Crippen LogP contribution is 2.28. The van der Waals surface area contributed by atoms with Crippen LogP contribution in [0.4, 0.5) is 5.69 Å². The Morgan fingerprint density at radius 2 is 1.97 bits per heavy atom. The van der Waals surface area contributed by atoms with Gasteiger partial charge in [0.15, 0.2) is 0 Å². The first kappa shape index (κ1) is 20.2. The molecule has 5 nitrogen and oxygen atoms in total. The molecule has 0 unspecified atom stereocenters. The van der Waals surface area contributed by atoms with Gasteiger partial charge in [0.05, 0.1) is 20.1 Å². The van der Waals surface area contributed by atoms with E-state index in [0.717, 1.165) is 48.1 Å². The average molecular weight is 405 g/mol. The van der Waals surface area contributed by atoms with E-state index >= 15 is 0 Å². The van der Waals surface area contributed by atoms with Crippen molar-refractivity contribution in [2.75, 3.05) is 26.0 Å². The second-order valence-electron chi connectivity index (χ2n) is 7.77. The number of ether oxygens (including phenoxy) is 2. The van der Waals surface area contributed by atoms with Gasteiger partial charge < -0.3 is 15.2 Å². The lowest BCUT2D eigenvalue weighted by atomic mass is 9.97. The van der Waals surface area contributed by atoms with E-state index in [1.807, 2.05) is 25.1 Å². The van der Waals surface area contributed by atoms with Gasteiger partial charge in [-0.2, -0.15) is 0 Å². The first-order chi connectivity index (χ1) is 14.6. The number of methoxy groups -OCH3 is 1. The van der Waals surface area contributed by atoms with Crippen LogP contribution >= 0.6 is 0 Å². The van der Waals surface area contributed by atoms with E-state index in [1.54, 1.807) is 7.11 Å². The summed E-state index contributed by atoms with van der Waals surface area (Å²) in [5.74, 6) is 0.680. The van der Waals surface area contributed by atoms with Gasteiger partial charge in [0.1, 0.15) is 5.75 Å². The summed E-state index contributed by atoms with van der Waals surface area (Å²) in [6, 6.07) is 16.7. The SMILES string of the molecule is CCOC(=O)Cc1c(N)ccc2cc(CN3CCc4cc(OC)ccc4C3)ccc12. The van der Waals surface area contributed by atoms with Crippen LogP contribution in [0.25, 0.3) is 10.8 Å². The maximum absolute atomic E-state index is 12.0. The van der Waals surface area contributed by atoms with Crippen molar-refractivity contribution >= 4 is 22.4 Å². The lowest BCUT2D eigenvalue weighted by Crippen LogP contribution is -2.30. The summed E-state index contributed by atoms with van der Waals surface area (Å²) in [7, 11) is 1.71. The van der Waals surface area contributed by atoms with Crippen LogP contribution in [0.1, 0.15) is 29.2 Å². The Bertz CT molecular complexity index is 1080. The largest absolute Gasteiger partial charge is 0.497 e. The highest BCUT2D eigenvalue weighted by atomic mass is 16.5. The fraction of sp³-hybridized carbons (Fsp3) is 0.320. The number of benzene rings is 3. The Kier molecular flexibility index (Phi) is 5.91. The molecular weight excluding hydrogens is 376 g/mol. The molecule has 0 bridgehead atoms. The number of rotatable bonds is 6. The summed E-state index contributed by atoms with van der Waals surface area (Å²) in [4.78, 5) is 14.5. The van der Waals surface area contributed by atoms with Crippen molar-refractivity contribution in [1.82, 2.24) is 4.90 Å². The van der Waals surface area contributed by atoms with Crippen molar-refractivity contribution in [2.45, 2.75) is 32.9 Å². The summed E-state index contributed by atoms with van der Waals surface area (Å²) >= 11 is 0. The number of carbonyl (C=O) groups is 1. The molecule has 3 aromatic carbocycles. The number of esters is 1. The van der Waals surface area contributed by atoms with Crippen LogP contribution in [-0.4, -0.2) is 31.1 Å². The number of anilines is 1. The predicted molar refractivity (Wildman–Crippen MR) is 120 cm³/mol. The molecule has 0 aliphatic carbocycles. The number of nitrogens with zero attached hydrogens (tertiary/aromatic N) is 1. The van der Waals surface area contributed by atoms with E-state index in [4.69, 9.17) is 15.2 Å². The zero-order valence-electron chi connectivity index (χ0n) is 17.6. The lowest BCUT2D eigenvalue weighted by Gasteiger charge is -2.29.